The number of unbranched alkanes of at least 4 members (excludes halogenated alkanes) is 4. The second kappa shape index (κ2) is 11.3. The predicted molar refractivity (Wildman–Crippen MR) is 126 cm³/mol. The van der Waals surface area contributed by atoms with Gasteiger partial charge in [-0.25, -0.2) is 0 Å². The molecular formula is C28H32O. The monoisotopic (exact) mass is 384 g/mol. The van der Waals surface area contributed by atoms with E-state index in [0.29, 0.717) is 0 Å². The van der Waals surface area contributed by atoms with Crippen molar-refractivity contribution >= 4 is 12.2 Å². The maximum atomic E-state index is 5.84. The van der Waals surface area contributed by atoms with Gasteiger partial charge in [0.2, 0.25) is 0 Å². The molecule has 3 aromatic rings. The first kappa shape index (κ1) is 20.9. The molecule has 1 nitrogen and oxygen atoms in total. The summed E-state index contributed by atoms with van der Waals surface area (Å²) >= 11 is 0. The molecule has 0 atom stereocenters. The van der Waals surface area contributed by atoms with E-state index < -0.39 is 0 Å². The molecule has 0 aliphatic rings. The van der Waals surface area contributed by atoms with Crippen molar-refractivity contribution < 1.29 is 4.74 Å². The average Bonchev–Trinajstić information content (AvgIpc) is 2.76. The fourth-order valence-electron chi connectivity index (χ4n) is 3.30. The lowest BCUT2D eigenvalue weighted by atomic mass is 10.0. The normalized spacial score (nSPS) is 11.1. The Morgan fingerprint density at radius 1 is 0.621 bits per heavy atom. The van der Waals surface area contributed by atoms with Crippen LogP contribution in [0.3, 0.4) is 0 Å². The molecule has 0 heterocycles. The number of benzene rings is 3. The largest absolute Gasteiger partial charge is 0.494 e. The van der Waals surface area contributed by atoms with Crippen molar-refractivity contribution in [1.82, 2.24) is 0 Å². The molecule has 0 spiro atoms. The number of hydrogen-bond donors (Lipinski definition) is 0. The van der Waals surface area contributed by atoms with Gasteiger partial charge in [0.25, 0.3) is 0 Å². The second-order valence-electron chi connectivity index (χ2n) is 7.65. The first-order chi connectivity index (χ1) is 14.2. The second-order valence-corrected chi connectivity index (χ2v) is 7.65. The van der Waals surface area contributed by atoms with Gasteiger partial charge in [0.1, 0.15) is 5.75 Å². The van der Waals surface area contributed by atoms with E-state index in [1.807, 2.05) is 0 Å². The van der Waals surface area contributed by atoms with E-state index >= 15 is 0 Å². The highest BCUT2D eigenvalue weighted by Gasteiger charge is 1.98. The summed E-state index contributed by atoms with van der Waals surface area (Å²) in [5.74, 6) is 0.958. The lowest BCUT2D eigenvalue weighted by molar-refractivity contribution is 0.304. The van der Waals surface area contributed by atoms with E-state index in [2.05, 4.69) is 98.8 Å². The first-order valence-electron chi connectivity index (χ1n) is 10.8. The standard InChI is InChI=1S/C28H32O/c1-3-4-5-6-7-22-29-28-20-14-25(15-21-28)11-10-24-12-18-27(19-13-24)26-16-8-23(2)9-17-26/h8-21H,3-7,22H2,1-2H3. The van der Waals surface area contributed by atoms with Gasteiger partial charge < -0.3 is 4.74 Å². The molecule has 0 aromatic heterocycles. The summed E-state index contributed by atoms with van der Waals surface area (Å²) < 4.78 is 5.84. The molecule has 0 radical (unpaired) electrons. The Kier molecular flexibility index (Phi) is 8.12. The number of rotatable bonds is 10. The summed E-state index contributed by atoms with van der Waals surface area (Å²) in [6.07, 6.45) is 10.6. The summed E-state index contributed by atoms with van der Waals surface area (Å²) in [5, 5.41) is 0. The first-order valence-corrected chi connectivity index (χ1v) is 10.8. The molecule has 1 heteroatoms. The zero-order chi connectivity index (χ0) is 20.3. The Morgan fingerprint density at radius 2 is 1.14 bits per heavy atom. The van der Waals surface area contributed by atoms with Crippen LogP contribution in [0.15, 0.2) is 72.8 Å². The van der Waals surface area contributed by atoms with E-state index in [9.17, 15) is 0 Å². The van der Waals surface area contributed by atoms with Gasteiger partial charge in [-0.3, -0.25) is 0 Å². The van der Waals surface area contributed by atoms with E-state index in [-0.39, 0.29) is 0 Å². The van der Waals surface area contributed by atoms with Crippen LogP contribution in [-0.4, -0.2) is 6.61 Å². The van der Waals surface area contributed by atoms with Crippen LogP contribution in [0.4, 0.5) is 0 Å². The van der Waals surface area contributed by atoms with Crippen molar-refractivity contribution in [3.05, 3.63) is 89.5 Å². The number of ether oxygens (including phenoxy) is 1. The zero-order valence-electron chi connectivity index (χ0n) is 17.7. The van der Waals surface area contributed by atoms with E-state index in [0.717, 1.165) is 18.8 Å². The van der Waals surface area contributed by atoms with Crippen molar-refractivity contribution in [2.75, 3.05) is 6.61 Å². The van der Waals surface area contributed by atoms with Gasteiger partial charge in [-0.1, -0.05) is 111 Å². The van der Waals surface area contributed by atoms with Crippen LogP contribution < -0.4 is 4.74 Å². The van der Waals surface area contributed by atoms with Crippen LogP contribution in [0.2, 0.25) is 0 Å². The summed E-state index contributed by atoms with van der Waals surface area (Å²) in [5.41, 5.74) is 6.18. The van der Waals surface area contributed by atoms with Gasteiger partial charge in [-0.15, -0.1) is 0 Å². The van der Waals surface area contributed by atoms with Gasteiger partial charge in [-0.05, 0) is 47.7 Å². The molecule has 0 unspecified atom stereocenters. The maximum Gasteiger partial charge on any atom is 0.119 e. The summed E-state index contributed by atoms with van der Waals surface area (Å²) in [7, 11) is 0. The van der Waals surface area contributed by atoms with Gasteiger partial charge in [0.05, 0.1) is 6.61 Å². The smallest absolute Gasteiger partial charge is 0.119 e. The van der Waals surface area contributed by atoms with Gasteiger partial charge in [-0.2, -0.15) is 0 Å². The topological polar surface area (TPSA) is 9.23 Å². The minimum Gasteiger partial charge on any atom is -0.494 e. The highest BCUT2D eigenvalue weighted by molar-refractivity contribution is 5.72. The fraction of sp³-hybridized carbons (Fsp3) is 0.286. The minimum absolute atomic E-state index is 0.812. The molecule has 0 fully saturated rings. The van der Waals surface area contributed by atoms with Gasteiger partial charge >= 0.3 is 0 Å². The lowest BCUT2D eigenvalue weighted by Gasteiger charge is -2.06. The quantitative estimate of drug-likeness (QED) is 0.253. The van der Waals surface area contributed by atoms with Crippen LogP contribution in [0.1, 0.15) is 55.7 Å². The highest BCUT2D eigenvalue weighted by Crippen LogP contribution is 2.21. The number of hydrogen-bond acceptors (Lipinski definition) is 1. The third kappa shape index (κ3) is 6.94. The third-order valence-corrected chi connectivity index (χ3v) is 5.16. The lowest BCUT2D eigenvalue weighted by Crippen LogP contribution is -1.97. The van der Waals surface area contributed by atoms with E-state index in [4.69, 9.17) is 4.74 Å². The Morgan fingerprint density at radius 3 is 1.72 bits per heavy atom. The van der Waals surface area contributed by atoms with Crippen LogP contribution in [0.5, 0.6) is 5.75 Å². The molecule has 3 aromatic carbocycles. The molecule has 0 bridgehead atoms. The average molecular weight is 385 g/mol. The molecule has 0 saturated heterocycles. The van der Waals surface area contributed by atoms with Crippen molar-refractivity contribution in [2.45, 2.75) is 46.0 Å². The molecular weight excluding hydrogens is 352 g/mol. The molecule has 0 saturated carbocycles. The third-order valence-electron chi connectivity index (χ3n) is 5.16. The summed E-state index contributed by atoms with van der Waals surface area (Å²) in [6, 6.07) is 25.7. The van der Waals surface area contributed by atoms with Crippen molar-refractivity contribution in [2.24, 2.45) is 0 Å². The highest BCUT2D eigenvalue weighted by atomic mass is 16.5. The molecule has 150 valence electrons. The Balaban J connectivity index is 1.50. The molecule has 0 N–H and O–H groups in total. The van der Waals surface area contributed by atoms with Crippen LogP contribution in [-0.2, 0) is 0 Å². The molecule has 29 heavy (non-hydrogen) atoms. The maximum absolute atomic E-state index is 5.84. The van der Waals surface area contributed by atoms with Crippen molar-refractivity contribution in [3.63, 3.8) is 0 Å². The molecule has 0 amide bonds. The predicted octanol–water partition coefficient (Wildman–Crippen LogP) is 8.18. The minimum atomic E-state index is 0.812. The van der Waals surface area contributed by atoms with Crippen LogP contribution in [0.25, 0.3) is 23.3 Å². The SMILES string of the molecule is CCCCCCCOc1ccc(C=Cc2ccc(-c3ccc(C)cc3)cc2)cc1. The van der Waals surface area contributed by atoms with Gasteiger partial charge in [0.15, 0.2) is 0 Å². The molecule has 0 aliphatic carbocycles. The Bertz CT molecular complexity index is 871. The van der Waals surface area contributed by atoms with Gasteiger partial charge in [0, 0.05) is 0 Å². The number of aryl methyl sites for hydroxylation is 1. The van der Waals surface area contributed by atoms with Crippen molar-refractivity contribution in [1.29, 1.82) is 0 Å². The van der Waals surface area contributed by atoms with E-state index in [1.165, 1.54) is 53.5 Å². The van der Waals surface area contributed by atoms with Crippen LogP contribution in [0, 0.1) is 6.92 Å². The van der Waals surface area contributed by atoms with E-state index in [1.54, 1.807) is 0 Å². The molecule has 0 aliphatic heterocycles. The van der Waals surface area contributed by atoms with Crippen LogP contribution >= 0.6 is 0 Å². The Hall–Kier alpha value is -2.80. The van der Waals surface area contributed by atoms with Crippen molar-refractivity contribution in [3.8, 4) is 16.9 Å². The summed E-state index contributed by atoms with van der Waals surface area (Å²) in [4.78, 5) is 0. The zero-order valence-corrected chi connectivity index (χ0v) is 17.7. The molecule has 3 rings (SSSR count). The Labute approximate surface area is 176 Å². The fourth-order valence-corrected chi connectivity index (χ4v) is 3.30. The summed E-state index contributed by atoms with van der Waals surface area (Å²) in [6.45, 7) is 5.17.